The maximum absolute atomic E-state index is 6.16. The van der Waals surface area contributed by atoms with Crippen LogP contribution in [-0.4, -0.2) is 4.98 Å². The van der Waals surface area contributed by atoms with Crippen LogP contribution in [0.15, 0.2) is 24.3 Å². The normalized spacial score (nSPS) is 11.3. The van der Waals surface area contributed by atoms with Gasteiger partial charge in [0.15, 0.2) is 0 Å². The summed E-state index contributed by atoms with van der Waals surface area (Å²) in [5.74, 6) is 0.381. The van der Waals surface area contributed by atoms with Gasteiger partial charge in [0.1, 0.15) is 0 Å². The number of nitrogens with zero attached hydrogens (tertiary/aromatic N) is 1. The second-order valence-corrected chi connectivity index (χ2v) is 4.61. The lowest BCUT2D eigenvalue weighted by Crippen LogP contribution is -2.02. The van der Waals surface area contributed by atoms with Gasteiger partial charge in [-0.15, -0.1) is 0 Å². The summed E-state index contributed by atoms with van der Waals surface area (Å²) >= 11 is 6.16. The predicted molar refractivity (Wildman–Crippen MR) is 68.7 cm³/mol. The molecule has 16 heavy (non-hydrogen) atoms. The van der Waals surface area contributed by atoms with Crippen LogP contribution in [0, 0.1) is 0 Å². The van der Waals surface area contributed by atoms with E-state index in [2.05, 4.69) is 24.9 Å². The van der Waals surface area contributed by atoms with Gasteiger partial charge in [-0.1, -0.05) is 37.6 Å². The Morgan fingerprint density at radius 2 is 2.12 bits per heavy atom. The molecule has 0 aliphatic carbocycles. The predicted octanol–water partition coefficient (Wildman–Crippen LogP) is 3.47. The summed E-state index contributed by atoms with van der Waals surface area (Å²) in [6.45, 7) is 4.75. The zero-order valence-electron chi connectivity index (χ0n) is 9.50. The van der Waals surface area contributed by atoms with Crippen molar-refractivity contribution in [2.75, 3.05) is 0 Å². The van der Waals surface area contributed by atoms with Crippen molar-refractivity contribution >= 4 is 22.5 Å². The number of pyridine rings is 1. The SMILES string of the molecule is CC(C)c1cc(CN)c2cccc(Cl)c2n1. The Kier molecular flexibility index (Phi) is 3.13. The van der Waals surface area contributed by atoms with Crippen LogP contribution in [0.1, 0.15) is 31.0 Å². The van der Waals surface area contributed by atoms with Gasteiger partial charge in [0.2, 0.25) is 0 Å². The number of nitrogens with two attached hydrogens (primary N) is 1. The molecule has 0 fully saturated rings. The van der Waals surface area contributed by atoms with Gasteiger partial charge < -0.3 is 5.73 Å². The highest BCUT2D eigenvalue weighted by Crippen LogP contribution is 2.27. The first kappa shape index (κ1) is 11.4. The third kappa shape index (κ3) is 1.91. The van der Waals surface area contributed by atoms with Gasteiger partial charge in [-0.2, -0.15) is 0 Å². The molecule has 2 aromatic rings. The number of rotatable bonds is 2. The molecule has 0 amide bonds. The zero-order chi connectivity index (χ0) is 11.7. The van der Waals surface area contributed by atoms with Crippen molar-refractivity contribution in [2.45, 2.75) is 26.3 Å². The molecule has 0 saturated carbocycles. The molecule has 0 radical (unpaired) electrons. The Balaban J connectivity index is 2.79. The molecule has 2 nitrogen and oxygen atoms in total. The minimum Gasteiger partial charge on any atom is -0.326 e. The summed E-state index contributed by atoms with van der Waals surface area (Å²) in [6, 6.07) is 7.88. The van der Waals surface area contributed by atoms with Crippen molar-refractivity contribution in [3.63, 3.8) is 0 Å². The fourth-order valence-electron chi connectivity index (χ4n) is 1.77. The smallest absolute Gasteiger partial charge is 0.0894 e. The second kappa shape index (κ2) is 4.40. The minimum atomic E-state index is 0.381. The van der Waals surface area contributed by atoms with Crippen molar-refractivity contribution in [3.8, 4) is 0 Å². The first-order valence-electron chi connectivity index (χ1n) is 5.41. The van der Waals surface area contributed by atoms with Crippen LogP contribution in [-0.2, 0) is 6.54 Å². The molecule has 0 aliphatic rings. The number of benzene rings is 1. The topological polar surface area (TPSA) is 38.9 Å². The van der Waals surface area contributed by atoms with Crippen LogP contribution >= 0.6 is 11.6 Å². The summed E-state index contributed by atoms with van der Waals surface area (Å²) in [6.07, 6.45) is 0. The average Bonchev–Trinajstić information content (AvgIpc) is 2.28. The van der Waals surface area contributed by atoms with E-state index in [1.54, 1.807) is 0 Å². The van der Waals surface area contributed by atoms with Gasteiger partial charge in [-0.3, -0.25) is 4.98 Å². The van der Waals surface area contributed by atoms with Crippen molar-refractivity contribution in [3.05, 3.63) is 40.5 Å². The molecule has 0 atom stereocenters. The van der Waals surface area contributed by atoms with E-state index < -0.39 is 0 Å². The molecule has 84 valence electrons. The van der Waals surface area contributed by atoms with E-state index in [0.717, 1.165) is 22.2 Å². The third-order valence-electron chi connectivity index (χ3n) is 2.71. The molecule has 0 spiro atoms. The van der Waals surface area contributed by atoms with Crippen molar-refractivity contribution in [1.82, 2.24) is 4.98 Å². The lowest BCUT2D eigenvalue weighted by molar-refractivity contribution is 0.825. The van der Waals surface area contributed by atoms with Crippen LogP contribution in [0.25, 0.3) is 10.9 Å². The van der Waals surface area contributed by atoms with E-state index in [1.807, 2.05) is 18.2 Å². The highest BCUT2D eigenvalue weighted by molar-refractivity contribution is 6.35. The lowest BCUT2D eigenvalue weighted by atomic mass is 10.0. The van der Waals surface area contributed by atoms with Crippen LogP contribution < -0.4 is 5.73 Å². The third-order valence-corrected chi connectivity index (χ3v) is 3.01. The van der Waals surface area contributed by atoms with E-state index in [-0.39, 0.29) is 0 Å². The zero-order valence-corrected chi connectivity index (χ0v) is 10.3. The van der Waals surface area contributed by atoms with E-state index >= 15 is 0 Å². The first-order chi connectivity index (χ1) is 7.63. The number of hydrogen-bond acceptors (Lipinski definition) is 2. The number of halogens is 1. The Bertz CT molecular complexity index is 521. The molecular formula is C13H15ClN2. The largest absolute Gasteiger partial charge is 0.326 e. The van der Waals surface area contributed by atoms with E-state index in [4.69, 9.17) is 17.3 Å². The summed E-state index contributed by atoms with van der Waals surface area (Å²) in [7, 11) is 0. The summed E-state index contributed by atoms with van der Waals surface area (Å²) < 4.78 is 0. The summed E-state index contributed by atoms with van der Waals surface area (Å²) in [5, 5.41) is 1.74. The Labute approximate surface area is 100 Å². The highest BCUT2D eigenvalue weighted by atomic mass is 35.5. The quantitative estimate of drug-likeness (QED) is 0.864. The Hall–Kier alpha value is -1.12. The molecule has 0 bridgehead atoms. The lowest BCUT2D eigenvalue weighted by Gasteiger charge is -2.11. The van der Waals surface area contributed by atoms with Crippen LogP contribution in [0.3, 0.4) is 0 Å². The summed E-state index contributed by atoms with van der Waals surface area (Å²) in [5.41, 5.74) is 8.77. The van der Waals surface area contributed by atoms with Crippen molar-refractivity contribution in [1.29, 1.82) is 0 Å². The van der Waals surface area contributed by atoms with E-state index in [1.165, 1.54) is 0 Å². The van der Waals surface area contributed by atoms with Gasteiger partial charge in [-0.05, 0) is 23.6 Å². The molecule has 1 heterocycles. The number of aromatic nitrogens is 1. The molecule has 2 N–H and O–H groups in total. The van der Waals surface area contributed by atoms with Crippen LogP contribution in [0.4, 0.5) is 0 Å². The monoisotopic (exact) mass is 234 g/mol. The van der Waals surface area contributed by atoms with Crippen LogP contribution in [0.2, 0.25) is 5.02 Å². The molecule has 1 aromatic heterocycles. The standard InChI is InChI=1S/C13H15ClN2/c1-8(2)12-6-9(7-15)10-4-3-5-11(14)13(10)16-12/h3-6,8H,7,15H2,1-2H3. The van der Waals surface area contributed by atoms with Crippen molar-refractivity contribution in [2.24, 2.45) is 5.73 Å². The first-order valence-corrected chi connectivity index (χ1v) is 5.79. The van der Waals surface area contributed by atoms with Crippen LogP contribution in [0.5, 0.6) is 0 Å². The molecular weight excluding hydrogens is 220 g/mol. The van der Waals surface area contributed by atoms with Gasteiger partial charge in [-0.25, -0.2) is 0 Å². The fraction of sp³-hybridized carbons (Fsp3) is 0.308. The molecule has 0 aliphatic heterocycles. The molecule has 2 rings (SSSR count). The Morgan fingerprint density at radius 1 is 1.38 bits per heavy atom. The molecule has 0 saturated heterocycles. The maximum Gasteiger partial charge on any atom is 0.0894 e. The fourth-order valence-corrected chi connectivity index (χ4v) is 1.99. The number of hydrogen-bond donors (Lipinski definition) is 1. The van der Waals surface area contributed by atoms with Crippen molar-refractivity contribution < 1.29 is 0 Å². The second-order valence-electron chi connectivity index (χ2n) is 4.20. The average molecular weight is 235 g/mol. The summed E-state index contributed by atoms with van der Waals surface area (Å²) in [4.78, 5) is 4.60. The molecule has 3 heteroatoms. The van der Waals surface area contributed by atoms with E-state index in [0.29, 0.717) is 17.5 Å². The maximum atomic E-state index is 6.16. The number of para-hydroxylation sites is 1. The van der Waals surface area contributed by atoms with Gasteiger partial charge >= 0.3 is 0 Å². The molecule has 0 unspecified atom stereocenters. The highest BCUT2D eigenvalue weighted by Gasteiger charge is 2.09. The van der Waals surface area contributed by atoms with Gasteiger partial charge in [0.25, 0.3) is 0 Å². The van der Waals surface area contributed by atoms with Gasteiger partial charge in [0, 0.05) is 17.6 Å². The number of fused-ring (bicyclic) bond motifs is 1. The minimum absolute atomic E-state index is 0.381. The van der Waals surface area contributed by atoms with Gasteiger partial charge in [0.05, 0.1) is 10.5 Å². The Morgan fingerprint density at radius 3 is 2.75 bits per heavy atom. The van der Waals surface area contributed by atoms with E-state index in [9.17, 15) is 0 Å². The molecule has 1 aromatic carbocycles.